The third-order valence-electron chi connectivity index (χ3n) is 3.00. The molecule has 0 aromatic heterocycles. The highest BCUT2D eigenvalue weighted by atomic mass is 16.6. The van der Waals surface area contributed by atoms with Crippen LogP contribution >= 0.6 is 0 Å². The number of non-ortho nitro benzene ring substituents is 1. The number of nitrogens with two attached hydrogens (primary N) is 1. The van der Waals surface area contributed by atoms with E-state index in [9.17, 15) is 19.7 Å². The van der Waals surface area contributed by atoms with Gasteiger partial charge in [0.2, 0.25) is 0 Å². The summed E-state index contributed by atoms with van der Waals surface area (Å²) in [6.45, 7) is -0.455. The van der Waals surface area contributed by atoms with E-state index in [2.05, 4.69) is 0 Å². The predicted octanol–water partition coefficient (Wildman–Crippen LogP) is 1.72. The predicted molar refractivity (Wildman–Crippen MR) is 84.1 cm³/mol. The number of ether oxygens (including phenoxy) is 2. The summed E-state index contributed by atoms with van der Waals surface area (Å²) in [6.07, 6.45) is 0. The van der Waals surface area contributed by atoms with Gasteiger partial charge in [-0.15, -0.1) is 0 Å². The molecule has 0 radical (unpaired) electrons. The van der Waals surface area contributed by atoms with Gasteiger partial charge in [-0.1, -0.05) is 0 Å². The molecule has 2 N–H and O–H groups in total. The van der Waals surface area contributed by atoms with Crippen LogP contribution in [0.25, 0.3) is 0 Å². The average Bonchev–Trinajstić information content (AvgIpc) is 2.60. The summed E-state index contributed by atoms with van der Waals surface area (Å²) < 4.78 is 10.2. The fourth-order valence-corrected chi connectivity index (χ4v) is 1.79. The van der Waals surface area contributed by atoms with Gasteiger partial charge >= 0.3 is 5.97 Å². The van der Waals surface area contributed by atoms with Crippen LogP contribution in [0, 0.1) is 10.1 Å². The van der Waals surface area contributed by atoms with E-state index in [1.807, 2.05) is 0 Å². The summed E-state index contributed by atoms with van der Waals surface area (Å²) in [7, 11) is 0. The second kappa shape index (κ2) is 7.84. The van der Waals surface area contributed by atoms with Crippen molar-refractivity contribution in [1.29, 1.82) is 0 Å². The first-order valence-corrected chi connectivity index (χ1v) is 6.91. The molecule has 2 rings (SSSR count). The van der Waals surface area contributed by atoms with Crippen LogP contribution in [-0.2, 0) is 4.79 Å². The lowest BCUT2D eigenvalue weighted by molar-refractivity contribution is -0.384. The number of nitrogens with zero attached hydrogens (tertiary/aromatic N) is 1. The summed E-state index contributed by atoms with van der Waals surface area (Å²) in [4.78, 5) is 33.1. The van der Waals surface area contributed by atoms with Crippen molar-refractivity contribution >= 4 is 17.4 Å². The van der Waals surface area contributed by atoms with Crippen LogP contribution < -0.4 is 15.2 Å². The molecular formula is C16H14N2O6. The van der Waals surface area contributed by atoms with Crippen molar-refractivity contribution in [2.24, 2.45) is 5.73 Å². The monoisotopic (exact) mass is 330 g/mol. The molecule has 0 saturated carbocycles. The first-order chi connectivity index (χ1) is 11.5. The Labute approximate surface area is 136 Å². The number of esters is 1. The Bertz CT molecular complexity index is 740. The molecule has 0 atom stereocenters. The van der Waals surface area contributed by atoms with Crippen LogP contribution in [0.15, 0.2) is 48.5 Å². The number of rotatable bonds is 7. The number of hydrogen-bond donors (Lipinski definition) is 1. The number of hydrogen-bond acceptors (Lipinski definition) is 7. The minimum Gasteiger partial charge on any atom is -0.482 e. The zero-order chi connectivity index (χ0) is 17.5. The summed E-state index contributed by atoms with van der Waals surface area (Å²) in [6, 6.07) is 11.3. The molecule has 0 saturated heterocycles. The van der Waals surface area contributed by atoms with Crippen molar-refractivity contribution in [2.75, 3.05) is 13.2 Å². The molecule has 0 fully saturated rings. The van der Waals surface area contributed by atoms with E-state index in [0.717, 1.165) is 0 Å². The number of Topliss-reactive ketones (excluding diaryl/α,β-unsaturated/α-hetero) is 1. The van der Waals surface area contributed by atoms with Crippen LogP contribution in [-0.4, -0.2) is 29.8 Å². The normalized spacial score (nSPS) is 10.0. The van der Waals surface area contributed by atoms with Crippen molar-refractivity contribution < 1.29 is 24.0 Å². The Balaban J connectivity index is 1.86. The molecule has 0 heterocycles. The molecule has 2 aromatic carbocycles. The third-order valence-corrected chi connectivity index (χ3v) is 3.00. The van der Waals surface area contributed by atoms with Crippen molar-refractivity contribution in [3.05, 3.63) is 64.2 Å². The second-order valence-corrected chi connectivity index (χ2v) is 4.67. The molecule has 2 aromatic rings. The summed E-state index contributed by atoms with van der Waals surface area (Å²) >= 11 is 0. The third kappa shape index (κ3) is 4.62. The molecule has 0 aliphatic rings. The second-order valence-electron chi connectivity index (χ2n) is 4.67. The van der Waals surface area contributed by atoms with E-state index in [0.29, 0.717) is 11.3 Å². The molecule has 0 amide bonds. The number of carbonyl (C=O) groups is 2. The minimum absolute atomic E-state index is 0.0722. The van der Waals surface area contributed by atoms with Gasteiger partial charge in [-0.05, 0) is 36.4 Å². The molecule has 0 bridgehead atoms. The van der Waals surface area contributed by atoms with Gasteiger partial charge in [-0.25, -0.2) is 4.79 Å². The van der Waals surface area contributed by atoms with E-state index < -0.39 is 10.9 Å². The lowest BCUT2D eigenvalue weighted by Crippen LogP contribution is -2.18. The lowest BCUT2D eigenvalue weighted by atomic mass is 10.1. The minimum atomic E-state index is -0.647. The molecule has 0 aliphatic heterocycles. The first kappa shape index (κ1) is 17.1. The van der Waals surface area contributed by atoms with E-state index in [-0.39, 0.29) is 30.4 Å². The van der Waals surface area contributed by atoms with Gasteiger partial charge in [-0.2, -0.15) is 0 Å². The Kier molecular flexibility index (Phi) is 5.58. The summed E-state index contributed by atoms with van der Waals surface area (Å²) in [5.41, 5.74) is 5.61. The van der Waals surface area contributed by atoms with Gasteiger partial charge in [0, 0.05) is 17.7 Å². The van der Waals surface area contributed by atoms with E-state index in [1.165, 1.54) is 48.5 Å². The zero-order valence-electron chi connectivity index (χ0n) is 12.5. The molecule has 8 heteroatoms. The largest absolute Gasteiger partial charge is 0.482 e. The maximum absolute atomic E-state index is 11.7. The van der Waals surface area contributed by atoms with Crippen molar-refractivity contribution in [2.45, 2.75) is 0 Å². The number of ketones is 1. The van der Waals surface area contributed by atoms with Gasteiger partial charge in [0.1, 0.15) is 11.5 Å². The summed E-state index contributed by atoms with van der Waals surface area (Å²) in [5, 5.41) is 10.5. The molecule has 24 heavy (non-hydrogen) atoms. The molecule has 0 spiro atoms. The van der Waals surface area contributed by atoms with Gasteiger partial charge in [0.25, 0.3) is 5.69 Å². The zero-order valence-corrected chi connectivity index (χ0v) is 12.5. The molecule has 0 unspecified atom stereocenters. The maximum Gasteiger partial charge on any atom is 0.349 e. The Hall–Kier alpha value is -3.26. The summed E-state index contributed by atoms with van der Waals surface area (Å²) in [5.74, 6) is -0.289. The van der Waals surface area contributed by atoms with Crippen LogP contribution in [0.5, 0.6) is 11.5 Å². The quantitative estimate of drug-likeness (QED) is 0.270. The van der Waals surface area contributed by atoms with Crippen LogP contribution in [0.3, 0.4) is 0 Å². The van der Waals surface area contributed by atoms with E-state index >= 15 is 0 Å². The number of benzene rings is 2. The Morgan fingerprint density at radius 1 is 1.00 bits per heavy atom. The van der Waals surface area contributed by atoms with Crippen molar-refractivity contribution in [1.82, 2.24) is 0 Å². The van der Waals surface area contributed by atoms with Gasteiger partial charge < -0.3 is 15.2 Å². The maximum atomic E-state index is 11.7. The number of nitro groups is 1. The highest BCUT2D eigenvalue weighted by Gasteiger charge is 2.09. The van der Waals surface area contributed by atoms with E-state index in [4.69, 9.17) is 15.2 Å². The van der Waals surface area contributed by atoms with Crippen molar-refractivity contribution in [3.8, 4) is 11.5 Å². The van der Waals surface area contributed by atoms with E-state index in [1.54, 1.807) is 0 Å². The van der Waals surface area contributed by atoms with Crippen LogP contribution in [0.2, 0.25) is 0 Å². The fourth-order valence-electron chi connectivity index (χ4n) is 1.79. The van der Waals surface area contributed by atoms with Crippen molar-refractivity contribution in [3.63, 3.8) is 0 Å². The van der Waals surface area contributed by atoms with Crippen LogP contribution in [0.4, 0.5) is 5.69 Å². The average molecular weight is 330 g/mol. The standard InChI is InChI=1S/C16H14N2O6/c17-9-15(19)11-1-5-14(6-2-11)24-16(20)10-23-13-7-3-12(4-8-13)18(21)22/h1-8H,9-10,17H2. The lowest BCUT2D eigenvalue weighted by Gasteiger charge is -2.07. The van der Waals surface area contributed by atoms with Gasteiger partial charge in [0.05, 0.1) is 11.5 Å². The molecular weight excluding hydrogens is 316 g/mol. The Morgan fingerprint density at radius 3 is 2.12 bits per heavy atom. The molecule has 124 valence electrons. The smallest absolute Gasteiger partial charge is 0.349 e. The number of carbonyl (C=O) groups excluding carboxylic acids is 2. The SMILES string of the molecule is NCC(=O)c1ccc(OC(=O)COc2ccc([N+](=O)[O-])cc2)cc1. The number of nitro benzene ring substituents is 1. The van der Waals surface area contributed by atoms with Gasteiger partial charge in [-0.3, -0.25) is 14.9 Å². The van der Waals surface area contributed by atoms with Crippen LogP contribution in [0.1, 0.15) is 10.4 Å². The molecule has 8 nitrogen and oxygen atoms in total. The molecule has 0 aliphatic carbocycles. The first-order valence-electron chi connectivity index (χ1n) is 6.91. The topological polar surface area (TPSA) is 122 Å². The fraction of sp³-hybridized carbons (Fsp3) is 0.125. The highest BCUT2D eigenvalue weighted by Crippen LogP contribution is 2.17. The highest BCUT2D eigenvalue weighted by molar-refractivity contribution is 5.97. The Morgan fingerprint density at radius 2 is 1.58 bits per heavy atom. The van der Waals surface area contributed by atoms with Gasteiger partial charge in [0.15, 0.2) is 12.4 Å².